The van der Waals surface area contributed by atoms with Crippen LogP contribution in [0.15, 0.2) is 18.2 Å². The summed E-state index contributed by atoms with van der Waals surface area (Å²) in [5.74, 6) is -0.141. The first-order valence-corrected chi connectivity index (χ1v) is 6.73. The number of amides is 1. The lowest BCUT2D eigenvalue weighted by Crippen LogP contribution is -2.44. The molecule has 0 spiro atoms. The van der Waals surface area contributed by atoms with Crippen LogP contribution in [0.4, 0.5) is 5.69 Å². The van der Waals surface area contributed by atoms with E-state index in [-0.39, 0.29) is 17.6 Å². The van der Waals surface area contributed by atoms with E-state index in [9.17, 15) is 14.9 Å². The van der Waals surface area contributed by atoms with Crippen molar-refractivity contribution in [3.8, 4) is 0 Å². The predicted octanol–water partition coefficient (Wildman–Crippen LogP) is 1.73. The summed E-state index contributed by atoms with van der Waals surface area (Å²) < 4.78 is 0. The van der Waals surface area contributed by atoms with E-state index in [0.29, 0.717) is 5.56 Å². The van der Waals surface area contributed by atoms with Gasteiger partial charge < -0.3 is 10.2 Å². The molecule has 1 amide bonds. The van der Waals surface area contributed by atoms with Crippen LogP contribution in [-0.4, -0.2) is 41.9 Å². The van der Waals surface area contributed by atoms with Crippen LogP contribution in [0.3, 0.4) is 0 Å². The molecule has 0 radical (unpaired) electrons. The number of nitrogens with zero attached hydrogens (tertiary/aromatic N) is 2. The molecule has 20 heavy (non-hydrogen) atoms. The number of hydrogen-bond acceptors (Lipinski definition) is 4. The third-order valence-corrected chi connectivity index (χ3v) is 3.84. The van der Waals surface area contributed by atoms with Crippen molar-refractivity contribution in [2.75, 3.05) is 20.1 Å². The van der Waals surface area contributed by atoms with Crippen molar-refractivity contribution in [3.63, 3.8) is 0 Å². The first-order valence-electron chi connectivity index (χ1n) is 6.73. The minimum Gasteiger partial charge on any atom is -0.339 e. The number of nitrogens with one attached hydrogen (secondary N) is 1. The van der Waals surface area contributed by atoms with Crippen molar-refractivity contribution in [3.05, 3.63) is 39.4 Å². The van der Waals surface area contributed by atoms with Gasteiger partial charge in [-0.3, -0.25) is 14.9 Å². The molecule has 108 valence electrons. The number of nitro benzene ring substituents is 1. The average molecular weight is 277 g/mol. The second kappa shape index (κ2) is 6.00. The number of carbonyl (C=O) groups is 1. The van der Waals surface area contributed by atoms with Crippen LogP contribution in [0, 0.1) is 17.0 Å². The topological polar surface area (TPSA) is 75.5 Å². The summed E-state index contributed by atoms with van der Waals surface area (Å²) in [4.78, 5) is 24.6. The molecule has 6 heteroatoms. The summed E-state index contributed by atoms with van der Waals surface area (Å²) in [6.07, 6.45) is 1.83. The Kier molecular flexibility index (Phi) is 4.34. The molecular formula is C14H19N3O3. The van der Waals surface area contributed by atoms with E-state index in [0.717, 1.165) is 31.5 Å². The highest BCUT2D eigenvalue weighted by Gasteiger charge is 2.24. The van der Waals surface area contributed by atoms with Gasteiger partial charge in [0.1, 0.15) is 0 Å². The molecule has 1 saturated heterocycles. The van der Waals surface area contributed by atoms with Gasteiger partial charge in [0.2, 0.25) is 0 Å². The zero-order valence-corrected chi connectivity index (χ0v) is 11.8. The van der Waals surface area contributed by atoms with Gasteiger partial charge in [0.15, 0.2) is 0 Å². The Morgan fingerprint density at radius 1 is 1.40 bits per heavy atom. The molecule has 0 bridgehead atoms. The highest BCUT2D eigenvalue weighted by Crippen LogP contribution is 2.21. The van der Waals surface area contributed by atoms with E-state index in [1.807, 2.05) is 0 Å². The Hall–Kier alpha value is -1.95. The van der Waals surface area contributed by atoms with Crippen molar-refractivity contribution in [1.29, 1.82) is 0 Å². The molecule has 0 atom stereocenters. The fourth-order valence-electron chi connectivity index (χ4n) is 2.50. The van der Waals surface area contributed by atoms with E-state index < -0.39 is 4.92 Å². The first kappa shape index (κ1) is 14.5. The van der Waals surface area contributed by atoms with Gasteiger partial charge in [-0.15, -0.1) is 0 Å². The maximum atomic E-state index is 12.5. The van der Waals surface area contributed by atoms with Crippen LogP contribution in [0.5, 0.6) is 0 Å². The van der Waals surface area contributed by atoms with Gasteiger partial charge in [0.05, 0.1) is 4.92 Å². The second-order valence-corrected chi connectivity index (χ2v) is 5.15. The summed E-state index contributed by atoms with van der Waals surface area (Å²) in [5.41, 5.74) is 1.14. The number of rotatable bonds is 3. The Morgan fingerprint density at radius 2 is 2.05 bits per heavy atom. The van der Waals surface area contributed by atoms with Crippen molar-refractivity contribution < 1.29 is 9.72 Å². The molecular weight excluding hydrogens is 258 g/mol. The third-order valence-electron chi connectivity index (χ3n) is 3.84. The molecule has 1 fully saturated rings. The SMILES string of the molecule is Cc1ccc([N+](=O)[O-])cc1C(=O)N(C)C1CCNCC1. The lowest BCUT2D eigenvalue weighted by molar-refractivity contribution is -0.384. The molecule has 1 aliphatic heterocycles. The van der Waals surface area contributed by atoms with Crippen molar-refractivity contribution >= 4 is 11.6 Å². The number of hydrogen-bond donors (Lipinski definition) is 1. The Bertz CT molecular complexity index is 524. The summed E-state index contributed by atoms with van der Waals surface area (Å²) >= 11 is 0. The highest BCUT2D eigenvalue weighted by atomic mass is 16.6. The second-order valence-electron chi connectivity index (χ2n) is 5.15. The van der Waals surface area contributed by atoms with Crippen molar-refractivity contribution in [2.45, 2.75) is 25.8 Å². The molecule has 1 aliphatic rings. The third kappa shape index (κ3) is 2.96. The first-order chi connectivity index (χ1) is 9.50. The fourth-order valence-corrected chi connectivity index (χ4v) is 2.50. The lowest BCUT2D eigenvalue weighted by Gasteiger charge is -2.32. The quantitative estimate of drug-likeness (QED) is 0.674. The van der Waals surface area contributed by atoms with Crippen LogP contribution < -0.4 is 5.32 Å². The van der Waals surface area contributed by atoms with Crippen molar-refractivity contribution in [2.24, 2.45) is 0 Å². The van der Waals surface area contributed by atoms with E-state index >= 15 is 0 Å². The Labute approximate surface area is 117 Å². The Morgan fingerprint density at radius 3 is 2.65 bits per heavy atom. The molecule has 2 rings (SSSR count). The standard InChI is InChI=1S/C14H19N3O3/c1-10-3-4-12(17(19)20)9-13(10)14(18)16(2)11-5-7-15-8-6-11/h3-4,9,11,15H,5-8H2,1-2H3. The fraction of sp³-hybridized carbons (Fsp3) is 0.500. The number of non-ortho nitro benzene ring substituents is 1. The van der Waals surface area contributed by atoms with E-state index in [4.69, 9.17) is 0 Å². The normalized spacial score (nSPS) is 15.9. The van der Waals surface area contributed by atoms with E-state index in [2.05, 4.69) is 5.32 Å². The van der Waals surface area contributed by atoms with Crippen LogP contribution in [0.2, 0.25) is 0 Å². The number of nitro groups is 1. The lowest BCUT2D eigenvalue weighted by atomic mass is 10.0. The summed E-state index contributed by atoms with van der Waals surface area (Å²) in [5, 5.41) is 14.1. The van der Waals surface area contributed by atoms with Gasteiger partial charge in [-0.1, -0.05) is 6.07 Å². The van der Waals surface area contributed by atoms with Gasteiger partial charge in [0.25, 0.3) is 11.6 Å². The summed E-state index contributed by atoms with van der Waals surface area (Å²) in [6, 6.07) is 4.62. The molecule has 0 unspecified atom stereocenters. The van der Waals surface area contributed by atoms with Crippen LogP contribution in [0.1, 0.15) is 28.8 Å². The summed E-state index contributed by atoms with van der Waals surface area (Å²) in [7, 11) is 1.77. The average Bonchev–Trinajstić information content (AvgIpc) is 2.47. The molecule has 1 aromatic rings. The number of benzene rings is 1. The van der Waals surface area contributed by atoms with Crippen LogP contribution in [0.25, 0.3) is 0 Å². The molecule has 0 aliphatic carbocycles. The highest BCUT2D eigenvalue weighted by molar-refractivity contribution is 5.96. The molecule has 0 aromatic heterocycles. The molecule has 0 saturated carbocycles. The van der Waals surface area contributed by atoms with Gasteiger partial charge in [-0.25, -0.2) is 0 Å². The minimum atomic E-state index is -0.471. The smallest absolute Gasteiger partial charge is 0.270 e. The zero-order chi connectivity index (χ0) is 14.7. The monoisotopic (exact) mass is 277 g/mol. The molecule has 6 nitrogen and oxygen atoms in total. The minimum absolute atomic E-state index is 0.0438. The van der Waals surface area contributed by atoms with Gasteiger partial charge in [-0.2, -0.15) is 0 Å². The van der Waals surface area contributed by atoms with Crippen LogP contribution >= 0.6 is 0 Å². The zero-order valence-electron chi connectivity index (χ0n) is 11.8. The van der Waals surface area contributed by atoms with Crippen LogP contribution in [-0.2, 0) is 0 Å². The molecule has 1 heterocycles. The summed E-state index contributed by atoms with van der Waals surface area (Å²) in [6.45, 7) is 3.60. The largest absolute Gasteiger partial charge is 0.339 e. The maximum Gasteiger partial charge on any atom is 0.270 e. The number of carbonyl (C=O) groups excluding carboxylic acids is 1. The molecule has 1 aromatic carbocycles. The maximum absolute atomic E-state index is 12.5. The van der Waals surface area contributed by atoms with E-state index in [1.165, 1.54) is 12.1 Å². The number of aryl methyl sites for hydroxylation is 1. The van der Waals surface area contributed by atoms with E-state index in [1.54, 1.807) is 24.9 Å². The van der Waals surface area contributed by atoms with Crippen molar-refractivity contribution in [1.82, 2.24) is 10.2 Å². The number of piperidine rings is 1. The Balaban J connectivity index is 2.23. The predicted molar refractivity (Wildman–Crippen MR) is 75.8 cm³/mol. The van der Waals surface area contributed by atoms with Gasteiger partial charge in [-0.05, 0) is 38.4 Å². The van der Waals surface area contributed by atoms with Gasteiger partial charge >= 0.3 is 0 Å². The molecule has 1 N–H and O–H groups in total. The van der Waals surface area contributed by atoms with Gasteiger partial charge in [0, 0.05) is 30.8 Å².